The van der Waals surface area contributed by atoms with Crippen LogP contribution in [0.1, 0.15) is 18.5 Å². The molecule has 0 aliphatic carbocycles. The fourth-order valence-electron chi connectivity index (χ4n) is 2.00. The van der Waals surface area contributed by atoms with Crippen LogP contribution in [0.25, 0.3) is 0 Å². The predicted octanol–water partition coefficient (Wildman–Crippen LogP) is -1.31. The number of para-hydroxylation sites is 1. The lowest BCUT2D eigenvalue weighted by Crippen LogP contribution is -2.52. The van der Waals surface area contributed by atoms with Gasteiger partial charge < -0.3 is 30.3 Å². The number of aliphatic hydroxyl groups excluding tert-OH is 4. The maximum Gasteiger partial charge on any atom is 0.139 e. The van der Waals surface area contributed by atoms with Crippen molar-refractivity contribution < 1.29 is 30.3 Å². The summed E-state index contributed by atoms with van der Waals surface area (Å²) in [7, 11) is 0. The zero-order chi connectivity index (χ0) is 16.0. The van der Waals surface area contributed by atoms with Gasteiger partial charge in [-0.05, 0) is 13.0 Å². The van der Waals surface area contributed by atoms with Gasteiger partial charge in [-0.1, -0.05) is 18.2 Å². The number of carbonyl (C=O) groups is 1. The highest BCUT2D eigenvalue weighted by Gasteiger charge is 2.32. The van der Waals surface area contributed by atoms with Gasteiger partial charge >= 0.3 is 0 Å². The Morgan fingerprint density at radius 2 is 1.81 bits per heavy atom. The number of aliphatic hydroxyl groups is 4. The minimum atomic E-state index is -1.67. The molecule has 6 N–H and O–H groups in total. The summed E-state index contributed by atoms with van der Waals surface area (Å²) in [5, 5.41) is 50.0. The quantitative estimate of drug-likeness (QED) is 0.328. The minimum Gasteiger partial charge on any atom is -0.508 e. The first-order valence-electron chi connectivity index (χ1n) is 6.56. The first kappa shape index (κ1) is 17.5. The van der Waals surface area contributed by atoms with E-state index in [0.717, 1.165) is 0 Å². The van der Waals surface area contributed by atoms with Crippen molar-refractivity contribution in [3.63, 3.8) is 0 Å². The zero-order valence-corrected chi connectivity index (χ0v) is 11.6. The molecule has 21 heavy (non-hydrogen) atoms. The van der Waals surface area contributed by atoms with Gasteiger partial charge in [-0.15, -0.1) is 0 Å². The topological polar surface area (TPSA) is 130 Å². The maximum atomic E-state index is 11.1. The van der Waals surface area contributed by atoms with E-state index in [2.05, 4.69) is 5.32 Å². The highest BCUT2D eigenvalue weighted by molar-refractivity contribution is 5.59. The molecule has 1 aromatic rings. The Morgan fingerprint density at radius 3 is 2.33 bits per heavy atom. The third-order valence-electron chi connectivity index (χ3n) is 3.29. The number of rotatable bonds is 8. The Kier molecular flexibility index (Phi) is 6.73. The van der Waals surface area contributed by atoms with E-state index >= 15 is 0 Å². The molecule has 0 spiro atoms. The van der Waals surface area contributed by atoms with Crippen molar-refractivity contribution in [1.29, 1.82) is 0 Å². The number of hydrogen-bond acceptors (Lipinski definition) is 7. The maximum absolute atomic E-state index is 11.1. The van der Waals surface area contributed by atoms with E-state index in [0.29, 0.717) is 11.8 Å². The molecule has 0 bridgehead atoms. The Bertz CT molecular complexity index is 455. The first-order chi connectivity index (χ1) is 9.92. The molecule has 1 rings (SSSR count). The lowest BCUT2D eigenvalue weighted by molar-refractivity contribution is -0.120. The molecule has 1 aromatic carbocycles. The monoisotopic (exact) mass is 299 g/mol. The summed E-state index contributed by atoms with van der Waals surface area (Å²) < 4.78 is 0. The summed E-state index contributed by atoms with van der Waals surface area (Å²) in [6.45, 7) is 0.936. The van der Waals surface area contributed by atoms with Crippen LogP contribution in [-0.2, 0) is 4.79 Å². The molecule has 0 aliphatic heterocycles. The summed E-state index contributed by atoms with van der Waals surface area (Å²) >= 11 is 0. The largest absolute Gasteiger partial charge is 0.508 e. The van der Waals surface area contributed by atoms with Crippen molar-refractivity contribution in [3.05, 3.63) is 29.8 Å². The normalized spacial score (nSPS) is 18.5. The lowest BCUT2D eigenvalue weighted by atomic mass is 10.00. The van der Waals surface area contributed by atoms with Gasteiger partial charge in [-0.25, -0.2) is 0 Å². The second-order valence-corrected chi connectivity index (χ2v) is 4.84. The van der Waals surface area contributed by atoms with Crippen LogP contribution in [0.5, 0.6) is 5.75 Å². The van der Waals surface area contributed by atoms with Crippen LogP contribution in [0.3, 0.4) is 0 Å². The van der Waals surface area contributed by atoms with Gasteiger partial charge in [-0.2, -0.15) is 0 Å². The molecule has 7 heteroatoms. The van der Waals surface area contributed by atoms with E-state index in [1.807, 2.05) is 0 Å². The molecule has 7 nitrogen and oxygen atoms in total. The van der Waals surface area contributed by atoms with Crippen molar-refractivity contribution in [1.82, 2.24) is 5.32 Å². The van der Waals surface area contributed by atoms with E-state index < -0.39 is 37.0 Å². The molecule has 0 aromatic heterocycles. The van der Waals surface area contributed by atoms with Gasteiger partial charge in [0.2, 0.25) is 0 Å². The average Bonchev–Trinajstić information content (AvgIpc) is 2.50. The molecule has 1 unspecified atom stereocenters. The van der Waals surface area contributed by atoms with Crippen molar-refractivity contribution in [2.24, 2.45) is 0 Å². The molecular formula is C14H21NO6. The third kappa shape index (κ3) is 4.48. The molecule has 0 aliphatic rings. The second kappa shape index (κ2) is 8.06. The van der Waals surface area contributed by atoms with Crippen molar-refractivity contribution >= 4 is 6.29 Å². The number of phenols is 1. The van der Waals surface area contributed by atoms with Crippen LogP contribution >= 0.6 is 0 Å². The second-order valence-electron chi connectivity index (χ2n) is 4.84. The standard InChI is InChI=1S/C14H21NO6/c1-8(9-4-2-3-5-11(9)18)15-10(6-16)13(20)14(21)12(19)7-17/h2-6,8,10,12-15,17-21H,7H2,1H3/t8?,10-,12+,13+,14+/m0/s1. The van der Waals surface area contributed by atoms with E-state index in [1.54, 1.807) is 25.1 Å². The molecule has 0 radical (unpaired) electrons. The number of nitrogens with one attached hydrogen (secondary N) is 1. The van der Waals surface area contributed by atoms with Crippen LogP contribution in [-0.4, -0.2) is 62.8 Å². The zero-order valence-electron chi connectivity index (χ0n) is 11.6. The Labute approximate surface area is 122 Å². The summed E-state index contributed by atoms with van der Waals surface area (Å²) in [5.41, 5.74) is 0.522. The molecule has 5 atom stereocenters. The number of aromatic hydroxyl groups is 1. The third-order valence-corrected chi connectivity index (χ3v) is 3.29. The van der Waals surface area contributed by atoms with Crippen LogP contribution in [0, 0.1) is 0 Å². The number of carbonyl (C=O) groups excluding carboxylic acids is 1. The average molecular weight is 299 g/mol. The molecule has 0 heterocycles. The molecule has 0 amide bonds. The van der Waals surface area contributed by atoms with Gasteiger partial charge in [0, 0.05) is 11.6 Å². The van der Waals surface area contributed by atoms with Gasteiger partial charge in [0.1, 0.15) is 30.3 Å². The number of hydrogen-bond donors (Lipinski definition) is 6. The number of benzene rings is 1. The SMILES string of the molecule is CC(N[C@@H](C=O)[C@@H](O)[C@H](O)[C@H](O)CO)c1ccccc1O. The molecule has 0 fully saturated rings. The van der Waals surface area contributed by atoms with Crippen molar-refractivity contribution in [3.8, 4) is 5.75 Å². The van der Waals surface area contributed by atoms with Crippen LogP contribution < -0.4 is 5.32 Å². The van der Waals surface area contributed by atoms with Gasteiger partial charge in [0.25, 0.3) is 0 Å². The lowest BCUT2D eigenvalue weighted by Gasteiger charge is -2.28. The van der Waals surface area contributed by atoms with Gasteiger partial charge in [0.15, 0.2) is 0 Å². The minimum absolute atomic E-state index is 0.0348. The molecule has 0 saturated heterocycles. The fraction of sp³-hybridized carbons (Fsp3) is 0.500. The summed E-state index contributed by atoms with van der Waals surface area (Å²) in [6, 6.07) is 4.86. The van der Waals surface area contributed by atoms with Crippen LogP contribution in [0.4, 0.5) is 0 Å². The number of phenolic OH excluding ortho intramolecular Hbond substituents is 1. The van der Waals surface area contributed by atoms with Crippen LogP contribution in [0.2, 0.25) is 0 Å². The Morgan fingerprint density at radius 1 is 1.19 bits per heavy atom. The fourth-order valence-corrected chi connectivity index (χ4v) is 2.00. The van der Waals surface area contributed by atoms with E-state index in [9.17, 15) is 25.2 Å². The van der Waals surface area contributed by atoms with E-state index in [-0.39, 0.29) is 5.75 Å². The van der Waals surface area contributed by atoms with E-state index in [1.165, 1.54) is 6.07 Å². The molecular weight excluding hydrogens is 278 g/mol. The van der Waals surface area contributed by atoms with E-state index in [4.69, 9.17) is 5.11 Å². The summed E-state index contributed by atoms with van der Waals surface area (Å²) in [4.78, 5) is 11.1. The van der Waals surface area contributed by atoms with Gasteiger partial charge in [-0.3, -0.25) is 5.32 Å². The summed E-state index contributed by atoms with van der Waals surface area (Å²) in [6.07, 6.45) is -4.43. The Hall–Kier alpha value is -1.51. The van der Waals surface area contributed by atoms with Crippen LogP contribution in [0.15, 0.2) is 24.3 Å². The Balaban J connectivity index is 2.78. The highest BCUT2D eigenvalue weighted by atomic mass is 16.4. The summed E-state index contributed by atoms with van der Waals surface area (Å²) in [5.74, 6) is 0.0348. The predicted molar refractivity (Wildman–Crippen MR) is 74.6 cm³/mol. The number of aldehydes is 1. The van der Waals surface area contributed by atoms with Crippen molar-refractivity contribution in [2.75, 3.05) is 6.61 Å². The smallest absolute Gasteiger partial charge is 0.139 e. The van der Waals surface area contributed by atoms with Gasteiger partial charge in [0.05, 0.1) is 12.6 Å². The first-order valence-corrected chi connectivity index (χ1v) is 6.56. The van der Waals surface area contributed by atoms with Crippen molar-refractivity contribution in [2.45, 2.75) is 37.3 Å². The highest BCUT2D eigenvalue weighted by Crippen LogP contribution is 2.23. The molecule has 118 valence electrons. The molecule has 0 saturated carbocycles.